The Hall–Kier alpha value is -1.25. The molecule has 0 bridgehead atoms. The number of rotatable bonds is 2. The summed E-state index contributed by atoms with van der Waals surface area (Å²) in [5, 5.41) is 3.01. The molecular formula is C10H15FN2. The molecule has 1 rings (SSSR count). The molecule has 1 aromatic rings. The van der Waals surface area contributed by atoms with Gasteiger partial charge in [0.2, 0.25) is 0 Å². The predicted molar refractivity (Wildman–Crippen MR) is 54.3 cm³/mol. The van der Waals surface area contributed by atoms with E-state index in [0.717, 1.165) is 0 Å². The van der Waals surface area contributed by atoms with Gasteiger partial charge in [-0.1, -0.05) is 0 Å². The highest BCUT2D eigenvalue weighted by Gasteiger charge is 2.07. The molecule has 0 unspecified atom stereocenters. The quantitative estimate of drug-likeness (QED) is 0.690. The molecule has 0 spiro atoms. The smallest absolute Gasteiger partial charge is 0.151 e. The first-order valence-electron chi connectivity index (χ1n) is 4.33. The van der Waals surface area contributed by atoms with Gasteiger partial charge in [-0.15, -0.1) is 0 Å². The van der Waals surface area contributed by atoms with Crippen molar-refractivity contribution in [1.82, 2.24) is 0 Å². The fourth-order valence-electron chi connectivity index (χ4n) is 1.12. The van der Waals surface area contributed by atoms with E-state index in [2.05, 4.69) is 5.32 Å². The van der Waals surface area contributed by atoms with E-state index < -0.39 is 0 Å². The van der Waals surface area contributed by atoms with Crippen molar-refractivity contribution in [2.45, 2.75) is 26.8 Å². The third-order valence-corrected chi connectivity index (χ3v) is 1.87. The average Bonchev–Trinajstić information content (AvgIpc) is 2.06. The van der Waals surface area contributed by atoms with Gasteiger partial charge in [-0.3, -0.25) is 0 Å². The van der Waals surface area contributed by atoms with Crippen molar-refractivity contribution in [3.63, 3.8) is 0 Å². The Balaban J connectivity index is 3.04. The van der Waals surface area contributed by atoms with E-state index in [-0.39, 0.29) is 11.9 Å². The van der Waals surface area contributed by atoms with Gasteiger partial charge in [0.05, 0.1) is 5.69 Å². The van der Waals surface area contributed by atoms with Crippen LogP contribution in [-0.4, -0.2) is 6.04 Å². The SMILES string of the molecule is Cc1c(N)ccc(NC(C)C)c1F. The topological polar surface area (TPSA) is 38.0 Å². The van der Waals surface area contributed by atoms with Crippen molar-refractivity contribution >= 4 is 11.4 Å². The zero-order valence-corrected chi connectivity index (χ0v) is 8.19. The summed E-state index contributed by atoms with van der Waals surface area (Å²) in [5.74, 6) is -0.256. The number of nitrogens with two attached hydrogens (primary N) is 1. The van der Waals surface area contributed by atoms with Crippen LogP contribution in [0, 0.1) is 12.7 Å². The lowest BCUT2D eigenvalue weighted by Crippen LogP contribution is -2.11. The molecule has 1 aromatic carbocycles. The van der Waals surface area contributed by atoms with Crippen molar-refractivity contribution in [3.05, 3.63) is 23.5 Å². The maximum absolute atomic E-state index is 13.5. The number of hydrogen-bond acceptors (Lipinski definition) is 2. The second-order valence-electron chi connectivity index (χ2n) is 3.44. The van der Waals surface area contributed by atoms with Crippen molar-refractivity contribution < 1.29 is 4.39 Å². The molecule has 3 N–H and O–H groups in total. The van der Waals surface area contributed by atoms with Gasteiger partial charge in [0, 0.05) is 17.3 Å². The molecule has 13 heavy (non-hydrogen) atoms. The van der Waals surface area contributed by atoms with Crippen molar-refractivity contribution in [3.8, 4) is 0 Å². The fourth-order valence-corrected chi connectivity index (χ4v) is 1.12. The maximum atomic E-state index is 13.5. The Labute approximate surface area is 77.9 Å². The molecule has 0 aliphatic rings. The molecule has 72 valence electrons. The van der Waals surface area contributed by atoms with E-state index in [9.17, 15) is 4.39 Å². The van der Waals surface area contributed by atoms with Crippen molar-refractivity contribution in [1.29, 1.82) is 0 Å². The summed E-state index contributed by atoms with van der Waals surface area (Å²) >= 11 is 0. The molecule has 0 atom stereocenters. The minimum Gasteiger partial charge on any atom is -0.398 e. The van der Waals surface area contributed by atoms with Crippen LogP contribution in [0.5, 0.6) is 0 Å². The fraction of sp³-hybridized carbons (Fsp3) is 0.400. The van der Waals surface area contributed by atoms with Gasteiger partial charge >= 0.3 is 0 Å². The number of nitrogen functional groups attached to an aromatic ring is 1. The molecular weight excluding hydrogens is 167 g/mol. The molecule has 0 radical (unpaired) electrons. The lowest BCUT2D eigenvalue weighted by Gasteiger charge is -2.12. The Kier molecular flexibility index (Phi) is 2.76. The van der Waals surface area contributed by atoms with E-state index >= 15 is 0 Å². The Morgan fingerprint density at radius 3 is 2.54 bits per heavy atom. The van der Waals surface area contributed by atoms with Crippen molar-refractivity contribution in [2.75, 3.05) is 11.1 Å². The summed E-state index contributed by atoms with van der Waals surface area (Å²) < 4.78 is 13.5. The molecule has 0 aromatic heterocycles. The van der Waals surface area contributed by atoms with Crippen LogP contribution in [0.1, 0.15) is 19.4 Å². The molecule has 0 saturated heterocycles. The molecule has 3 heteroatoms. The summed E-state index contributed by atoms with van der Waals surface area (Å²) in [5.41, 5.74) is 7.07. The largest absolute Gasteiger partial charge is 0.398 e. The third kappa shape index (κ3) is 2.11. The van der Waals surface area contributed by atoms with Gasteiger partial charge in [-0.2, -0.15) is 0 Å². The lowest BCUT2D eigenvalue weighted by atomic mass is 10.1. The highest BCUT2D eigenvalue weighted by atomic mass is 19.1. The standard InChI is InChI=1S/C10H15FN2/c1-6(2)13-9-5-4-8(12)7(3)10(9)11/h4-6,13H,12H2,1-3H3. The third-order valence-electron chi connectivity index (χ3n) is 1.87. The van der Waals surface area contributed by atoms with Crippen LogP contribution in [-0.2, 0) is 0 Å². The summed E-state index contributed by atoms with van der Waals surface area (Å²) in [6.45, 7) is 5.60. The van der Waals surface area contributed by atoms with Gasteiger partial charge in [0.1, 0.15) is 0 Å². The summed E-state index contributed by atoms with van der Waals surface area (Å²) in [4.78, 5) is 0. The minimum absolute atomic E-state index is 0.220. The van der Waals surface area contributed by atoms with Crippen LogP contribution >= 0.6 is 0 Å². The number of nitrogens with one attached hydrogen (secondary N) is 1. The normalized spacial score (nSPS) is 10.5. The number of hydrogen-bond donors (Lipinski definition) is 2. The maximum Gasteiger partial charge on any atom is 0.151 e. The molecule has 0 amide bonds. The van der Waals surface area contributed by atoms with Gasteiger partial charge in [-0.25, -0.2) is 4.39 Å². The van der Waals surface area contributed by atoms with E-state index in [1.165, 1.54) is 0 Å². The van der Waals surface area contributed by atoms with Crippen LogP contribution in [0.3, 0.4) is 0 Å². The zero-order valence-electron chi connectivity index (χ0n) is 8.19. The number of anilines is 2. The number of halogens is 1. The number of benzene rings is 1. The van der Waals surface area contributed by atoms with Crippen LogP contribution < -0.4 is 11.1 Å². The van der Waals surface area contributed by atoms with Gasteiger partial charge < -0.3 is 11.1 Å². The molecule has 0 fully saturated rings. The van der Waals surface area contributed by atoms with Gasteiger partial charge in [-0.05, 0) is 32.9 Å². The first kappa shape index (κ1) is 9.84. The Morgan fingerprint density at radius 1 is 1.38 bits per heavy atom. The first-order valence-corrected chi connectivity index (χ1v) is 4.33. The second-order valence-corrected chi connectivity index (χ2v) is 3.44. The van der Waals surface area contributed by atoms with Crippen molar-refractivity contribution in [2.24, 2.45) is 0 Å². The van der Waals surface area contributed by atoms with Crippen LogP contribution in [0.25, 0.3) is 0 Å². The van der Waals surface area contributed by atoms with Crippen LogP contribution in [0.4, 0.5) is 15.8 Å². The van der Waals surface area contributed by atoms with E-state index in [0.29, 0.717) is 16.9 Å². The molecule has 2 nitrogen and oxygen atoms in total. The highest BCUT2D eigenvalue weighted by Crippen LogP contribution is 2.22. The highest BCUT2D eigenvalue weighted by molar-refractivity contribution is 5.58. The molecule has 0 aliphatic heterocycles. The van der Waals surface area contributed by atoms with E-state index in [1.54, 1.807) is 19.1 Å². The minimum atomic E-state index is -0.256. The van der Waals surface area contributed by atoms with Crippen LogP contribution in [0.15, 0.2) is 12.1 Å². The van der Waals surface area contributed by atoms with E-state index in [1.807, 2.05) is 13.8 Å². The summed E-state index contributed by atoms with van der Waals surface area (Å²) in [7, 11) is 0. The lowest BCUT2D eigenvalue weighted by molar-refractivity contribution is 0.620. The summed E-state index contributed by atoms with van der Waals surface area (Å²) in [6.07, 6.45) is 0. The Bertz CT molecular complexity index is 308. The van der Waals surface area contributed by atoms with Crippen LogP contribution in [0.2, 0.25) is 0 Å². The molecule has 0 heterocycles. The molecule has 0 aliphatic carbocycles. The van der Waals surface area contributed by atoms with E-state index in [4.69, 9.17) is 5.73 Å². The second kappa shape index (κ2) is 3.64. The summed E-state index contributed by atoms with van der Waals surface area (Å²) in [6, 6.07) is 3.60. The average molecular weight is 182 g/mol. The first-order chi connectivity index (χ1) is 6.02. The predicted octanol–water partition coefficient (Wildman–Crippen LogP) is 2.54. The zero-order chi connectivity index (χ0) is 10.0. The monoisotopic (exact) mass is 182 g/mol. The molecule has 0 saturated carbocycles. The van der Waals surface area contributed by atoms with Gasteiger partial charge in [0.15, 0.2) is 5.82 Å². The van der Waals surface area contributed by atoms with Gasteiger partial charge in [0.25, 0.3) is 0 Å². The Morgan fingerprint density at radius 2 is 2.00 bits per heavy atom.